The molecule has 1 aromatic heterocycles. The highest BCUT2D eigenvalue weighted by Crippen LogP contribution is 2.33. The first-order valence-electron chi connectivity index (χ1n) is 14.4. The van der Waals surface area contributed by atoms with Crippen molar-refractivity contribution in [1.82, 2.24) is 20.0 Å². The zero-order valence-electron chi connectivity index (χ0n) is 23.1. The number of aliphatic hydroxyl groups is 1. The predicted octanol–water partition coefficient (Wildman–Crippen LogP) is 2.89. The molecule has 2 aliphatic heterocycles. The average Bonchev–Trinajstić information content (AvgIpc) is 3.79. The van der Waals surface area contributed by atoms with Crippen molar-refractivity contribution in [2.75, 3.05) is 19.8 Å². The van der Waals surface area contributed by atoms with E-state index in [2.05, 4.69) is 15.5 Å². The number of carbonyl (C=O) groups is 1. The Kier molecular flexibility index (Phi) is 8.75. The number of hydrogen-bond donors (Lipinski definition) is 3. The van der Waals surface area contributed by atoms with Gasteiger partial charge in [-0.1, -0.05) is 47.6 Å². The second-order valence-electron chi connectivity index (χ2n) is 11.1. The Labute approximate surface area is 244 Å². The maximum Gasteiger partial charge on any atom is 0.407 e. The summed E-state index contributed by atoms with van der Waals surface area (Å²) in [6, 6.07) is 13.1. The van der Waals surface area contributed by atoms with Crippen LogP contribution in [0.4, 0.5) is 4.79 Å². The van der Waals surface area contributed by atoms with Crippen molar-refractivity contribution in [3.63, 3.8) is 0 Å². The van der Waals surface area contributed by atoms with Crippen LogP contribution in [0.1, 0.15) is 37.7 Å². The van der Waals surface area contributed by atoms with E-state index in [1.807, 2.05) is 30.3 Å². The van der Waals surface area contributed by atoms with Crippen LogP contribution in [-0.2, 0) is 35.5 Å². The normalized spacial score (nSPS) is 24.2. The third-order valence-electron chi connectivity index (χ3n) is 8.19. The molecule has 1 amide bonds. The number of amides is 1. The minimum Gasteiger partial charge on any atom is -0.443 e. The summed E-state index contributed by atoms with van der Waals surface area (Å²) in [6.07, 6.45) is 2.71. The van der Waals surface area contributed by atoms with Gasteiger partial charge in [-0.2, -0.15) is 5.10 Å². The molecule has 1 aliphatic carbocycles. The number of aliphatic hydroxyl groups excluding tert-OH is 1. The number of ether oxygens (including phenoxy) is 3. The Morgan fingerprint density at radius 3 is 2.76 bits per heavy atom. The molecule has 6 rings (SSSR count). The van der Waals surface area contributed by atoms with Crippen molar-refractivity contribution in [2.45, 2.75) is 74.1 Å². The number of alkyl carbamates (subject to hydrolysis) is 1. The van der Waals surface area contributed by atoms with Gasteiger partial charge in [0.25, 0.3) is 10.0 Å². The number of sulfonamides is 1. The van der Waals surface area contributed by atoms with Crippen LogP contribution >= 0.6 is 0 Å². The molecule has 3 aliphatic rings. The highest BCUT2D eigenvalue weighted by atomic mass is 32.2. The molecule has 3 heterocycles. The highest BCUT2D eigenvalue weighted by Gasteiger charge is 2.44. The van der Waals surface area contributed by atoms with Crippen LogP contribution < -0.4 is 5.32 Å². The Hall–Kier alpha value is -3.07. The van der Waals surface area contributed by atoms with Gasteiger partial charge in [0.05, 0.1) is 60.5 Å². The van der Waals surface area contributed by atoms with E-state index >= 15 is 0 Å². The molecule has 3 N–H and O–H groups in total. The number of nitrogens with one attached hydrogen (secondary N) is 2. The van der Waals surface area contributed by atoms with E-state index in [1.165, 1.54) is 12.1 Å². The van der Waals surface area contributed by atoms with Gasteiger partial charge in [0.2, 0.25) is 0 Å². The van der Waals surface area contributed by atoms with Crippen molar-refractivity contribution in [2.24, 2.45) is 5.92 Å². The molecular formula is C29H36N4O8S. The standard InChI is InChI=1S/C29H36N4O8S/c34-26(17-33(41-21-8-4-5-9-21)42(36,37)22-11-10-20-16-30-32-24(20)15-22)25(14-19-6-2-1-3-7-19)31-29(35)40-27-18-39-28-23(27)12-13-38-28/h1-3,6-7,10-11,15-16,21,23,25-28,34H,4-5,8-9,12-14,17-18H2,(H,30,32)(H,31,35)/t23-,25-,26+,27?,28+/m0/s1. The lowest BCUT2D eigenvalue weighted by atomic mass is 10.0. The molecule has 5 atom stereocenters. The zero-order valence-corrected chi connectivity index (χ0v) is 23.9. The summed E-state index contributed by atoms with van der Waals surface area (Å²) in [5.41, 5.74) is 1.42. The number of nitrogens with zero attached hydrogens (tertiary/aromatic N) is 2. The summed E-state index contributed by atoms with van der Waals surface area (Å²) in [6.45, 7) is 0.379. The monoisotopic (exact) mass is 600 g/mol. The molecule has 12 nitrogen and oxygen atoms in total. The van der Waals surface area contributed by atoms with Gasteiger partial charge < -0.3 is 24.6 Å². The quantitative estimate of drug-likeness (QED) is 0.282. The molecule has 13 heteroatoms. The van der Waals surface area contributed by atoms with Crippen molar-refractivity contribution in [1.29, 1.82) is 0 Å². The lowest BCUT2D eigenvalue weighted by Crippen LogP contribution is -2.51. The van der Waals surface area contributed by atoms with Crippen LogP contribution in [0.2, 0.25) is 0 Å². The van der Waals surface area contributed by atoms with Crippen molar-refractivity contribution >= 4 is 27.0 Å². The SMILES string of the molecule is O=C(N[C@@H](Cc1ccccc1)[C@H](O)CN(OC1CCCC1)S(=O)(=O)c1ccc2cn[nH]c2c1)OC1CO[C@H]2OCC[C@@H]12. The first-order valence-corrected chi connectivity index (χ1v) is 15.9. The van der Waals surface area contributed by atoms with Crippen LogP contribution in [0, 0.1) is 5.92 Å². The van der Waals surface area contributed by atoms with Crippen LogP contribution in [0.15, 0.2) is 59.6 Å². The molecule has 2 saturated heterocycles. The summed E-state index contributed by atoms with van der Waals surface area (Å²) < 4.78 is 45.4. The van der Waals surface area contributed by atoms with Gasteiger partial charge in [-0.15, -0.1) is 0 Å². The minimum atomic E-state index is -4.19. The summed E-state index contributed by atoms with van der Waals surface area (Å²) in [5, 5.41) is 21.8. The Morgan fingerprint density at radius 1 is 1.14 bits per heavy atom. The molecule has 0 bridgehead atoms. The smallest absolute Gasteiger partial charge is 0.407 e. The first kappa shape index (κ1) is 29.0. The number of H-pyrrole nitrogens is 1. The molecule has 226 valence electrons. The van der Waals surface area contributed by atoms with E-state index in [-0.39, 0.29) is 36.2 Å². The Morgan fingerprint density at radius 2 is 1.95 bits per heavy atom. The molecule has 3 fully saturated rings. The summed E-state index contributed by atoms with van der Waals surface area (Å²) in [4.78, 5) is 19.1. The summed E-state index contributed by atoms with van der Waals surface area (Å²) >= 11 is 0. The van der Waals surface area contributed by atoms with Crippen LogP contribution in [0.5, 0.6) is 0 Å². The lowest BCUT2D eigenvalue weighted by molar-refractivity contribution is -0.145. The van der Waals surface area contributed by atoms with Gasteiger partial charge in [-0.05, 0) is 49.4 Å². The molecule has 42 heavy (non-hydrogen) atoms. The maximum absolute atomic E-state index is 13.9. The second-order valence-corrected chi connectivity index (χ2v) is 12.9. The van der Waals surface area contributed by atoms with E-state index < -0.39 is 40.9 Å². The van der Waals surface area contributed by atoms with Gasteiger partial charge in [0, 0.05) is 5.39 Å². The number of benzene rings is 2. The number of aromatic amines is 1. The third kappa shape index (κ3) is 6.46. The van der Waals surface area contributed by atoms with Gasteiger partial charge >= 0.3 is 6.09 Å². The second kappa shape index (κ2) is 12.7. The Bertz CT molecular complexity index is 1460. The molecule has 1 saturated carbocycles. The van der Waals surface area contributed by atoms with Crippen LogP contribution in [-0.4, -0.2) is 84.7 Å². The average molecular weight is 601 g/mol. The van der Waals surface area contributed by atoms with Gasteiger partial charge in [0.15, 0.2) is 6.29 Å². The molecule has 1 unspecified atom stereocenters. The fraction of sp³-hybridized carbons (Fsp3) is 0.517. The van der Waals surface area contributed by atoms with Crippen molar-refractivity contribution < 1.29 is 37.4 Å². The zero-order chi connectivity index (χ0) is 29.1. The number of rotatable bonds is 11. The fourth-order valence-electron chi connectivity index (χ4n) is 5.85. The summed E-state index contributed by atoms with van der Waals surface area (Å²) in [5.74, 6) is -0.0408. The lowest BCUT2D eigenvalue weighted by Gasteiger charge is -2.31. The molecule has 3 aromatic rings. The number of hydrogen-bond acceptors (Lipinski definition) is 9. The van der Waals surface area contributed by atoms with Crippen LogP contribution in [0.3, 0.4) is 0 Å². The van der Waals surface area contributed by atoms with Crippen molar-refractivity contribution in [3.8, 4) is 0 Å². The van der Waals surface area contributed by atoms with E-state index in [4.69, 9.17) is 19.0 Å². The molecule has 0 radical (unpaired) electrons. The van der Waals surface area contributed by atoms with Gasteiger partial charge in [0.1, 0.15) is 6.10 Å². The molecular weight excluding hydrogens is 564 g/mol. The first-order chi connectivity index (χ1) is 20.4. The predicted molar refractivity (Wildman–Crippen MR) is 150 cm³/mol. The van der Waals surface area contributed by atoms with Gasteiger partial charge in [-0.25, -0.2) is 13.2 Å². The number of hydroxylamine groups is 1. The maximum atomic E-state index is 13.9. The number of aromatic nitrogens is 2. The largest absolute Gasteiger partial charge is 0.443 e. The number of fused-ring (bicyclic) bond motifs is 2. The molecule has 0 spiro atoms. The van der Waals surface area contributed by atoms with Crippen molar-refractivity contribution in [3.05, 3.63) is 60.3 Å². The topological polar surface area (TPSA) is 152 Å². The fourth-order valence-corrected chi connectivity index (χ4v) is 7.18. The molecule has 2 aromatic carbocycles. The van der Waals surface area contributed by atoms with E-state index in [9.17, 15) is 18.3 Å². The van der Waals surface area contributed by atoms with E-state index in [0.29, 0.717) is 12.1 Å². The minimum absolute atomic E-state index is 0.00555. The van der Waals surface area contributed by atoms with E-state index in [1.54, 1.807) is 12.3 Å². The Balaban J connectivity index is 1.22. The van der Waals surface area contributed by atoms with Gasteiger partial charge in [-0.3, -0.25) is 9.94 Å². The third-order valence-corrected chi connectivity index (χ3v) is 9.82. The summed E-state index contributed by atoms with van der Waals surface area (Å²) in [7, 11) is -4.19. The van der Waals surface area contributed by atoms with Crippen LogP contribution in [0.25, 0.3) is 10.9 Å². The van der Waals surface area contributed by atoms with E-state index in [0.717, 1.165) is 47.5 Å². The highest BCUT2D eigenvalue weighted by molar-refractivity contribution is 7.89. The number of carbonyl (C=O) groups excluding carboxylic acids is 1.